The van der Waals surface area contributed by atoms with Gasteiger partial charge in [-0.1, -0.05) is 218 Å². The third kappa shape index (κ3) is 9.25. The van der Waals surface area contributed by atoms with Crippen molar-refractivity contribution in [3.8, 4) is 91.0 Å². The van der Waals surface area contributed by atoms with E-state index in [0.29, 0.717) is 40.6 Å². The van der Waals surface area contributed by atoms with Crippen LogP contribution in [0, 0.1) is 0 Å². The molecule has 12 aromatic carbocycles. The molecule has 0 radical (unpaired) electrons. The van der Waals surface area contributed by atoms with E-state index in [2.05, 4.69) is 184 Å². The molecule has 0 aliphatic carbocycles. The molecule has 19 aromatic rings. The molecular formula is C83H51N9O2. The first-order valence-electron chi connectivity index (χ1n) is 31.2. The van der Waals surface area contributed by atoms with Gasteiger partial charge in [-0.3, -0.25) is 4.98 Å². The van der Waals surface area contributed by atoms with Crippen molar-refractivity contribution in [2.24, 2.45) is 0 Å². The van der Waals surface area contributed by atoms with Crippen molar-refractivity contribution in [2.45, 2.75) is 0 Å². The lowest BCUT2D eigenvalue weighted by Gasteiger charge is -2.10. The summed E-state index contributed by atoms with van der Waals surface area (Å²) in [5, 5.41) is 8.74. The second kappa shape index (κ2) is 22.5. The zero-order chi connectivity index (χ0) is 62.1. The number of pyridine rings is 1. The van der Waals surface area contributed by atoms with Crippen LogP contribution in [0.4, 0.5) is 0 Å². The van der Waals surface area contributed by atoms with Crippen LogP contribution in [-0.4, -0.2) is 44.0 Å². The maximum absolute atomic E-state index is 6.95. The normalized spacial score (nSPS) is 11.6. The standard InChI is InChI=1S/C45H28N4O.C38H23N5O/c1-5-15-29(16-6-1)33-25-26-35(45-47-43(30-17-7-2-8-18-30)46-44(48-45)31-19-9-3-10-20-31)42-41(33)37-27-39-36(28-40(37)50-42)34-23-13-14-24-38(34)49(39)32-21-11-4-12-22-32;1-3-12-24(13-4-1)36-40-37(42-38(41-36)31-19-9-10-21-39-31)28-18-11-17-27-30-22-33-29(23-34(30)44-35(27)28)26-16-7-8-20-32(26)43(33)25-14-5-2-6-15-25/h1-28H;1-23H. The van der Waals surface area contributed by atoms with Gasteiger partial charge >= 0.3 is 0 Å². The van der Waals surface area contributed by atoms with Crippen LogP contribution in [0.5, 0.6) is 0 Å². The number of para-hydroxylation sites is 5. The second-order valence-electron chi connectivity index (χ2n) is 23.1. The predicted octanol–water partition coefficient (Wildman–Crippen LogP) is 20.8. The average Bonchev–Trinajstić information content (AvgIpc) is 1.57. The molecule has 440 valence electrons. The number of hydrogen-bond donors (Lipinski definition) is 0. The van der Waals surface area contributed by atoms with Gasteiger partial charge in [0, 0.05) is 77.4 Å². The van der Waals surface area contributed by atoms with E-state index < -0.39 is 0 Å². The SMILES string of the molecule is c1ccc(-c2nc(-c3ccccc3)nc(-c3ccc(-c4ccccc4)c4c3oc3cc5c6ccccc6n(-c6ccccc6)c5cc34)n2)cc1.c1ccc(-c2nc(-c3ccccn3)nc(-c3cccc4c3oc3cc5c6ccccc6n(-c6ccccc6)c5cc34)n2)cc1. The Balaban J connectivity index is 0.000000139. The minimum absolute atomic E-state index is 0.511. The first-order valence-corrected chi connectivity index (χ1v) is 31.2. The van der Waals surface area contributed by atoms with Gasteiger partial charge in [0.1, 0.15) is 28.0 Å². The van der Waals surface area contributed by atoms with Gasteiger partial charge in [-0.05, 0) is 96.1 Å². The van der Waals surface area contributed by atoms with Crippen molar-refractivity contribution in [1.29, 1.82) is 0 Å². The third-order valence-corrected chi connectivity index (χ3v) is 17.6. The van der Waals surface area contributed by atoms with Crippen molar-refractivity contribution < 1.29 is 8.83 Å². The zero-order valence-electron chi connectivity index (χ0n) is 50.3. The smallest absolute Gasteiger partial charge is 0.182 e. The molecule has 7 aromatic heterocycles. The maximum atomic E-state index is 6.95. The van der Waals surface area contributed by atoms with E-state index in [9.17, 15) is 0 Å². The van der Waals surface area contributed by atoms with Crippen LogP contribution < -0.4 is 0 Å². The molecule has 0 aliphatic rings. The highest BCUT2D eigenvalue weighted by Crippen LogP contribution is 2.46. The van der Waals surface area contributed by atoms with E-state index in [1.165, 1.54) is 10.8 Å². The van der Waals surface area contributed by atoms with Gasteiger partial charge in [-0.25, -0.2) is 29.9 Å². The molecule has 0 amide bonds. The summed E-state index contributed by atoms with van der Waals surface area (Å²) in [5.74, 6) is 3.41. The Bertz CT molecular complexity index is 5960. The lowest BCUT2D eigenvalue weighted by atomic mass is 9.96. The molecule has 0 atom stereocenters. The summed E-state index contributed by atoms with van der Waals surface area (Å²) in [6.45, 7) is 0. The molecule has 94 heavy (non-hydrogen) atoms. The number of fused-ring (bicyclic) bond motifs is 12. The Morgan fingerprint density at radius 3 is 1.18 bits per heavy atom. The van der Waals surface area contributed by atoms with E-state index >= 15 is 0 Å². The van der Waals surface area contributed by atoms with Crippen LogP contribution in [0.2, 0.25) is 0 Å². The summed E-state index contributed by atoms with van der Waals surface area (Å²) in [5.41, 5.74) is 17.2. The minimum Gasteiger partial charge on any atom is -0.455 e. The molecule has 0 saturated carbocycles. The van der Waals surface area contributed by atoms with Crippen LogP contribution in [-0.2, 0) is 0 Å². The highest BCUT2D eigenvalue weighted by Gasteiger charge is 2.25. The van der Waals surface area contributed by atoms with E-state index in [4.69, 9.17) is 38.7 Å². The molecule has 7 heterocycles. The molecule has 0 fully saturated rings. The molecule has 0 saturated heterocycles. The quantitative estimate of drug-likeness (QED) is 0.139. The molecule has 0 bridgehead atoms. The number of furan rings is 2. The molecule has 0 N–H and O–H groups in total. The number of nitrogens with zero attached hydrogens (tertiary/aromatic N) is 9. The average molecular weight is 1210 g/mol. The van der Waals surface area contributed by atoms with Crippen LogP contribution in [0.25, 0.3) is 178 Å². The fraction of sp³-hybridized carbons (Fsp3) is 0. The van der Waals surface area contributed by atoms with Gasteiger partial charge < -0.3 is 18.0 Å². The molecule has 11 heteroatoms. The lowest BCUT2D eigenvalue weighted by molar-refractivity contribution is 0.669. The number of hydrogen-bond acceptors (Lipinski definition) is 9. The Hall–Kier alpha value is -13.0. The Kier molecular flexibility index (Phi) is 12.9. The van der Waals surface area contributed by atoms with E-state index in [0.717, 1.165) is 127 Å². The van der Waals surface area contributed by atoms with Crippen molar-refractivity contribution in [3.63, 3.8) is 0 Å². The number of rotatable bonds is 9. The topological polar surface area (TPSA) is 126 Å². The van der Waals surface area contributed by atoms with E-state index in [-0.39, 0.29) is 0 Å². The third-order valence-electron chi connectivity index (χ3n) is 17.6. The maximum Gasteiger partial charge on any atom is 0.182 e. The highest BCUT2D eigenvalue weighted by atomic mass is 16.3. The molecule has 0 aliphatic heterocycles. The second-order valence-corrected chi connectivity index (χ2v) is 23.1. The summed E-state index contributed by atoms with van der Waals surface area (Å²) >= 11 is 0. The lowest BCUT2D eigenvalue weighted by Crippen LogP contribution is -2.01. The Morgan fingerprint density at radius 1 is 0.245 bits per heavy atom. The van der Waals surface area contributed by atoms with Crippen LogP contribution in [0.1, 0.15) is 0 Å². The van der Waals surface area contributed by atoms with Gasteiger partial charge in [0.25, 0.3) is 0 Å². The molecule has 0 unspecified atom stereocenters. The van der Waals surface area contributed by atoms with Crippen LogP contribution in [0.3, 0.4) is 0 Å². The molecule has 0 spiro atoms. The van der Waals surface area contributed by atoms with Crippen molar-refractivity contribution in [1.82, 2.24) is 44.0 Å². The monoisotopic (exact) mass is 1210 g/mol. The first kappa shape index (κ1) is 54.0. The van der Waals surface area contributed by atoms with Gasteiger partial charge in [0.15, 0.2) is 34.9 Å². The predicted molar refractivity (Wildman–Crippen MR) is 379 cm³/mol. The number of benzene rings is 12. The zero-order valence-corrected chi connectivity index (χ0v) is 50.3. The summed E-state index contributed by atoms with van der Waals surface area (Å²) in [7, 11) is 0. The molecular weight excluding hydrogens is 1150 g/mol. The summed E-state index contributed by atoms with van der Waals surface area (Å²) < 4.78 is 18.3. The van der Waals surface area contributed by atoms with E-state index in [1.807, 2.05) is 133 Å². The first-order chi connectivity index (χ1) is 46.6. The van der Waals surface area contributed by atoms with Gasteiger partial charge in [-0.2, -0.15) is 0 Å². The fourth-order valence-corrected chi connectivity index (χ4v) is 13.3. The van der Waals surface area contributed by atoms with E-state index in [1.54, 1.807) is 6.20 Å². The summed E-state index contributed by atoms with van der Waals surface area (Å²) in [6.07, 6.45) is 1.75. The largest absolute Gasteiger partial charge is 0.455 e. The Labute approximate surface area is 537 Å². The van der Waals surface area contributed by atoms with Crippen molar-refractivity contribution in [3.05, 3.63) is 310 Å². The van der Waals surface area contributed by atoms with Crippen molar-refractivity contribution in [2.75, 3.05) is 0 Å². The Morgan fingerprint density at radius 2 is 0.649 bits per heavy atom. The molecule has 11 nitrogen and oxygen atoms in total. The fourth-order valence-electron chi connectivity index (χ4n) is 13.3. The summed E-state index contributed by atoms with van der Waals surface area (Å²) in [4.78, 5) is 34.3. The van der Waals surface area contributed by atoms with Gasteiger partial charge in [-0.15, -0.1) is 0 Å². The minimum atomic E-state index is 0.511. The van der Waals surface area contributed by atoms with Crippen LogP contribution in [0.15, 0.2) is 318 Å². The van der Waals surface area contributed by atoms with Crippen LogP contribution >= 0.6 is 0 Å². The van der Waals surface area contributed by atoms with Gasteiger partial charge in [0.05, 0.1) is 33.2 Å². The van der Waals surface area contributed by atoms with Gasteiger partial charge in [0.2, 0.25) is 0 Å². The number of aromatic nitrogens is 9. The summed E-state index contributed by atoms with van der Waals surface area (Å²) in [6, 6.07) is 104. The molecule has 19 rings (SSSR count). The highest BCUT2D eigenvalue weighted by molar-refractivity contribution is 6.22. The van der Waals surface area contributed by atoms with Crippen molar-refractivity contribution >= 4 is 87.5 Å².